The Bertz CT molecular complexity index is 640. The zero-order valence-electron chi connectivity index (χ0n) is 11.7. The van der Waals surface area contributed by atoms with Crippen LogP contribution in [0.5, 0.6) is 5.75 Å². The first kappa shape index (κ1) is 12.9. The van der Waals surface area contributed by atoms with Crippen molar-refractivity contribution in [2.24, 2.45) is 0 Å². The van der Waals surface area contributed by atoms with Crippen LogP contribution in [0.1, 0.15) is 11.3 Å². The van der Waals surface area contributed by atoms with E-state index in [1.54, 1.807) is 12.1 Å². The lowest BCUT2D eigenvalue weighted by Crippen LogP contribution is -2.28. The van der Waals surface area contributed by atoms with Crippen molar-refractivity contribution < 1.29 is 5.11 Å². The van der Waals surface area contributed by atoms with Gasteiger partial charge < -0.3 is 15.3 Å². The van der Waals surface area contributed by atoms with Gasteiger partial charge in [-0.2, -0.15) is 0 Å². The molecule has 104 valence electrons. The van der Waals surface area contributed by atoms with Crippen molar-refractivity contribution in [2.45, 2.75) is 13.0 Å². The maximum absolute atomic E-state index is 9.99. The molecule has 0 atom stereocenters. The van der Waals surface area contributed by atoms with Crippen LogP contribution in [0.4, 0.5) is 5.82 Å². The van der Waals surface area contributed by atoms with Crippen molar-refractivity contribution in [1.82, 2.24) is 15.3 Å². The molecule has 0 fully saturated rings. The van der Waals surface area contributed by atoms with Gasteiger partial charge in [-0.15, -0.1) is 0 Å². The van der Waals surface area contributed by atoms with Gasteiger partial charge >= 0.3 is 0 Å². The molecule has 3 rings (SSSR count). The smallest absolute Gasteiger partial charge is 0.165 e. The molecule has 2 heterocycles. The van der Waals surface area contributed by atoms with Crippen molar-refractivity contribution in [3.8, 4) is 17.1 Å². The van der Waals surface area contributed by atoms with Gasteiger partial charge in [0.15, 0.2) is 5.82 Å². The van der Waals surface area contributed by atoms with Gasteiger partial charge in [0.2, 0.25) is 0 Å². The number of rotatable bonds is 2. The number of hydrogen-bond acceptors (Lipinski definition) is 5. The number of fused-ring (bicyclic) bond motifs is 1. The standard InChI is InChI=1S/C15H18N4O/c1-19(2)15-11-9-16-8-7-12(11)17-14(18-15)10-5-3-4-6-13(10)20/h3-6,16,20H,7-9H2,1-2H3. The molecule has 0 spiro atoms. The lowest BCUT2D eigenvalue weighted by molar-refractivity contribution is 0.477. The van der Waals surface area contributed by atoms with Crippen LogP contribution in [0.25, 0.3) is 11.4 Å². The van der Waals surface area contributed by atoms with Gasteiger partial charge in [0.05, 0.1) is 11.3 Å². The fourth-order valence-corrected chi connectivity index (χ4v) is 2.48. The number of nitrogens with one attached hydrogen (secondary N) is 1. The molecule has 0 bridgehead atoms. The second-order valence-electron chi connectivity index (χ2n) is 5.13. The maximum atomic E-state index is 9.99. The van der Waals surface area contributed by atoms with Crippen LogP contribution < -0.4 is 10.2 Å². The molecular weight excluding hydrogens is 252 g/mol. The zero-order chi connectivity index (χ0) is 14.1. The Hall–Kier alpha value is -2.14. The second-order valence-corrected chi connectivity index (χ2v) is 5.13. The molecular formula is C15H18N4O. The quantitative estimate of drug-likeness (QED) is 0.867. The first-order valence-electron chi connectivity index (χ1n) is 6.73. The molecule has 0 aliphatic carbocycles. The molecule has 1 aliphatic heterocycles. The Morgan fingerprint density at radius 1 is 1.20 bits per heavy atom. The summed E-state index contributed by atoms with van der Waals surface area (Å²) in [5.41, 5.74) is 2.90. The lowest BCUT2D eigenvalue weighted by atomic mass is 10.1. The van der Waals surface area contributed by atoms with Crippen LogP contribution in [0.15, 0.2) is 24.3 Å². The minimum Gasteiger partial charge on any atom is -0.507 e. The molecule has 1 aliphatic rings. The fourth-order valence-electron chi connectivity index (χ4n) is 2.48. The molecule has 5 nitrogen and oxygen atoms in total. The largest absolute Gasteiger partial charge is 0.507 e. The summed E-state index contributed by atoms with van der Waals surface area (Å²) in [7, 11) is 3.96. The molecule has 0 radical (unpaired) electrons. The summed E-state index contributed by atoms with van der Waals surface area (Å²) in [5.74, 6) is 1.72. The van der Waals surface area contributed by atoms with Crippen LogP contribution in [0.3, 0.4) is 0 Å². The summed E-state index contributed by atoms with van der Waals surface area (Å²) >= 11 is 0. The van der Waals surface area contributed by atoms with E-state index in [1.807, 2.05) is 31.1 Å². The molecule has 1 aromatic carbocycles. The van der Waals surface area contributed by atoms with Gasteiger partial charge in [0.25, 0.3) is 0 Å². The number of para-hydroxylation sites is 1. The number of anilines is 1. The molecule has 2 aromatic rings. The SMILES string of the molecule is CN(C)c1nc(-c2ccccc2O)nc2c1CNCC2. The Kier molecular flexibility index (Phi) is 3.28. The monoisotopic (exact) mass is 270 g/mol. The normalized spacial score (nSPS) is 13.9. The van der Waals surface area contributed by atoms with Gasteiger partial charge in [-0.25, -0.2) is 9.97 Å². The number of phenolic OH excluding ortho intramolecular Hbond substituents is 1. The Morgan fingerprint density at radius 3 is 2.75 bits per heavy atom. The van der Waals surface area contributed by atoms with E-state index >= 15 is 0 Å². The number of phenols is 1. The molecule has 1 aromatic heterocycles. The average molecular weight is 270 g/mol. The van der Waals surface area contributed by atoms with Gasteiger partial charge in [-0.3, -0.25) is 0 Å². The highest BCUT2D eigenvalue weighted by Gasteiger charge is 2.20. The van der Waals surface area contributed by atoms with E-state index < -0.39 is 0 Å². The third-order valence-electron chi connectivity index (χ3n) is 3.48. The summed E-state index contributed by atoms with van der Waals surface area (Å²) in [6.45, 7) is 1.72. The first-order chi connectivity index (χ1) is 9.66. The van der Waals surface area contributed by atoms with Crippen LogP contribution >= 0.6 is 0 Å². The molecule has 0 amide bonds. The number of aromatic nitrogens is 2. The van der Waals surface area contributed by atoms with Crippen molar-refractivity contribution in [1.29, 1.82) is 0 Å². The topological polar surface area (TPSA) is 61.3 Å². The molecule has 0 saturated heterocycles. The van der Waals surface area contributed by atoms with E-state index in [9.17, 15) is 5.11 Å². The summed E-state index contributed by atoms with van der Waals surface area (Å²) in [6.07, 6.45) is 0.888. The van der Waals surface area contributed by atoms with Crippen LogP contribution in [-0.4, -0.2) is 35.7 Å². The highest BCUT2D eigenvalue weighted by Crippen LogP contribution is 2.30. The van der Waals surface area contributed by atoms with Gasteiger partial charge in [0.1, 0.15) is 11.6 Å². The van der Waals surface area contributed by atoms with Crippen LogP contribution in [0.2, 0.25) is 0 Å². The van der Waals surface area contributed by atoms with E-state index in [1.165, 1.54) is 0 Å². The fraction of sp³-hybridized carbons (Fsp3) is 0.333. The Balaban J connectivity index is 2.18. The predicted molar refractivity (Wildman–Crippen MR) is 78.9 cm³/mol. The lowest BCUT2D eigenvalue weighted by Gasteiger charge is -2.23. The van der Waals surface area contributed by atoms with Gasteiger partial charge in [-0.05, 0) is 12.1 Å². The molecule has 0 saturated carbocycles. The van der Waals surface area contributed by atoms with E-state index in [4.69, 9.17) is 0 Å². The maximum Gasteiger partial charge on any atom is 0.165 e. The summed E-state index contributed by atoms with van der Waals surface area (Å²) in [4.78, 5) is 11.3. The number of benzene rings is 1. The molecule has 2 N–H and O–H groups in total. The van der Waals surface area contributed by atoms with Crippen molar-refractivity contribution in [3.63, 3.8) is 0 Å². The van der Waals surface area contributed by atoms with E-state index in [2.05, 4.69) is 15.3 Å². The summed E-state index contributed by atoms with van der Waals surface area (Å²) in [5, 5.41) is 13.3. The first-order valence-corrected chi connectivity index (χ1v) is 6.73. The van der Waals surface area contributed by atoms with Crippen molar-refractivity contribution in [3.05, 3.63) is 35.5 Å². The minimum atomic E-state index is 0.214. The molecule has 20 heavy (non-hydrogen) atoms. The Labute approximate surface area is 118 Å². The number of hydrogen-bond donors (Lipinski definition) is 2. The van der Waals surface area contributed by atoms with Crippen LogP contribution in [0, 0.1) is 0 Å². The summed E-state index contributed by atoms with van der Waals surface area (Å²) in [6, 6.07) is 7.19. The van der Waals surface area contributed by atoms with E-state index in [-0.39, 0.29) is 5.75 Å². The molecule has 5 heteroatoms. The number of aromatic hydroxyl groups is 1. The average Bonchev–Trinajstić information content (AvgIpc) is 2.46. The van der Waals surface area contributed by atoms with Gasteiger partial charge in [0, 0.05) is 39.2 Å². The third-order valence-corrected chi connectivity index (χ3v) is 3.48. The highest BCUT2D eigenvalue weighted by atomic mass is 16.3. The van der Waals surface area contributed by atoms with Crippen LogP contribution in [-0.2, 0) is 13.0 Å². The van der Waals surface area contributed by atoms with Crippen molar-refractivity contribution >= 4 is 5.82 Å². The minimum absolute atomic E-state index is 0.214. The zero-order valence-corrected chi connectivity index (χ0v) is 11.7. The number of nitrogens with zero attached hydrogens (tertiary/aromatic N) is 3. The Morgan fingerprint density at radius 2 is 2.00 bits per heavy atom. The van der Waals surface area contributed by atoms with Gasteiger partial charge in [-0.1, -0.05) is 12.1 Å². The highest BCUT2D eigenvalue weighted by molar-refractivity contribution is 5.66. The second kappa shape index (κ2) is 5.09. The molecule has 0 unspecified atom stereocenters. The predicted octanol–water partition coefficient (Wildman–Crippen LogP) is 1.56. The third kappa shape index (κ3) is 2.20. The van der Waals surface area contributed by atoms with E-state index in [0.29, 0.717) is 11.4 Å². The van der Waals surface area contributed by atoms with Crippen molar-refractivity contribution in [2.75, 3.05) is 25.5 Å². The van der Waals surface area contributed by atoms with E-state index in [0.717, 1.165) is 36.6 Å². The summed E-state index contributed by atoms with van der Waals surface area (Å²) < 4.78 is 0.